The van der Waals surface area contributed by atoms with E-state index in [2.05, 4.69) is 102 Å². The second-order valence-electron chi connectivity index (χ2n) is 15.8. The van der Waals surface area contributed by atoms with Gasteiger partial charge in [0.25, 0.3) is 0 Å². The van der Waals surface area contributed by atoms with Crippen LogP contribution in [-0.2, 0) is 31.6 Å². The van der Waals surface area contributed by atoms with Crippen molar-refractivity contribution in [2.75, 3.05) is 0 Å². The van der Waals surface area contributed by atoms with E-state index in [1.807, 2.05) is 12.1 Å². The van der Waals surface area contributed by atoms with Gasteiger partial charge >= 0.3 is 12.1 Å². The molecule has 0 aliphatic rings. The monoisotopic (exact) mass is 711 g/mol. The number of aryl methyl sites for hydroxylation is 1. The van der Waals surface area contributed by atoms with Crippen LogP contribution in [0.2, 0.25) is 0 Å². The second-order valence-corrected chi connectivity index (χ2v) is 15.8. The third kappa shape index (κ3) is 16.5. The first-order chi connectivity index (χ1) is 25.1. The van der Waals surface area contributed by atoms with E-state index in [4.69, 9.17) is 14.3 Å². The van der Waals surface area contributed by atoms with Crippen LogP contribution in [0.1, 0.15) is 191 Å². The highest BCUT2D eigenvalue weighted by Gasteiger charge is 2.26. The first-order valence-electron chi connectivity index (χ1n) is 20.6. The normalized spacial score (nSPS) is 11.4. The molecule has 0 fully saturated rings. The molecule has 0 N–H and O–H groups in total. The number of esters is 1. The number of rotatable bonds is 25. The van der Waals surface area contributed by atoms with Crippen LogP contribution in [0, 0.1) is 0 Å². The van der Waals surface area contributed by atoms with Crippen molar-refractivity contribution in [2.24, 2.45) is 0 Å². The highest BCUT2D eigenvalue weighted by Crippen LogP contribution is 2.36. The molecule has 4 heteroatoms. The first kappa shape index (κ1) is 44.7. The van der Waals surface area contributed by atoms with Gasteiger partial charge in [-0.25, -0.2) is 0 Å². The third-order valence-electron chi connectivity index (χ3n) is 10.9. The minimum atomic E-state index is -0.168. The SMILES string of the molecule is CCCCCCCCCCCC(=O)Oc1ccc(C(C)(C)c2ccc(C(C)(C)c3ccc(CCCCCCCCCCC)cc3)cc2)cc1.O=C=O. The molecule has 3 aromatic rings. The number of ether oxygens (including phenoxy) is 1. The number of carbonyl (C=O) groups is 1. The molecule has 0 unspecified atom stereocenters. The maximum atomic E-state index is 12.4. The lowest BCUT2D eigenvalue weighted by Crippen LogP contribution is -2.21. The van der Waals surface area contributed by atoms with Crippen molar-refractivity contribution in [3.05, 3.63) is 101 Å². The molecule has 3 aromatic carbocycles. The first-order valence-corrected chi connectivity index (χ1v) is 20.6. The molecule has 52 heavy (non-hydrogen) atoms. The Bertz CT molecular complexity index is 1390. The largest absolute Gasteiger partial charge is 0.427 e. The molecule has 0 amide bonds. The molecule has 0 atom stereocenters. The molecule has 0 aliphatic heterocycles. The van der Waals surface area contributed by atoms with Crippen LogP contribution < -0.4 is 4.74 Å². The van der Waals surface area contributed by atoms with Crippen molar-refractivity contribution in [3.63, 3.8) is 0 Å². The van der Waals surface area contributed by atoms with Gasteiger partial charge in [0.2, 0.25) is 0 Å². The highest BCUT2D eigenvalue weighted by molar-refractivity contribution is 5.72. The Labute approximate surface area is 317 Å². The minimum Gasteiger partial charge on any atom is -0.427 e. The second kappa shape index (κ2) is 25.5. The van der Waals surface area contributed by atoms with E-state index in [9.17, 15) is 4.79 Å². The van der Waals surface area contributed by atoms with Crippen LogP contribution in [0.25, 0.3) is 0 Å². The quantitative estimate of drug-likeness (QED) is 0.0499. The molecule has 286 valence electrons. The molecular weight excluding hydrogens is 641 g/mol. The summed E-state index contributed by atoms with van der Waals surface area (Å²) in [6.07, 6.45) is 25.5. The summed E-state index contributed by atoms with van der Waals surface area (Å²) in [7, 11) is 0. The molecule has 0 saturated heterocycles. The van der Waals surface area contributed by atoms with E-state index in [-0.39, 0.29) is 23.0 Å². The summed E-state index contributed by atoms with van der Waals surface area (Å²) in [4.78, 5) is 28.7. The molecule has 0 aromatic heterocycles. The average molecular weight is 711 g/mol. The molecule has 0 radical (unpaired) electrons. The van der Waals surface area contributed by atoms with E-state index >= 15 is 0 Å². The Morgan fingerprint density at radius 2 is 0.788 bits per heavy atom. The summed E-state index contributed by atoms with van der Waals surface area (Å²) in [6.45, 7) is 13.7. The fourth-order valence-electron chi connectivity index (χ4n) is 7.07. The van der Waals surface area contributed by atoms with E-state index in [1.54, 1.807) is 0 Å². The van der Waals surface area contributed by atoms with Crippen molar-refractivity contribution in [1.82, 2.24) is 0 Å². The molecule has 0 aliphatic carbocycles. The van der Waals surface area contributed by atoms with Crippen LogP contribution in [0.5, 0.6) is 5.75 Å². The van der Waals surface area contributed by atoms with Crippen LogP contribution in [0.3, 0.4) is 0 Å². The predicted octanol–water partition coefficient (Wildman–Crippen LogP) is 13.7. The van der Waals surface area contributed by atoms with Gasteiger partial charge in [-0.2, -0.15) is 9.59 Å². The third-order valence-corrected chi connectivity index (χ3v) is 10.9. The fourth-order valence-corrected chi connectivity index (χ4v) is 7.07. The van der Waals surface area contributed by atoms with E-state index in [0.717, 1.165) is 12.8 Å². The summed E-state index contributed by atoms with van der Waals surface area (Å²) < 4.78 is 5.67. The van der Waals surface area contributed by atoms with Gasteiger partial charge in [-0.3, -0.25) is 4.79 Å². The van der Waals surface area contributed by atoms with Crippen LogP contribution in [-0.4, -0.2) is 12.1 Å². The lowest BCUT2D eigenvalue weighted by atomic mass is 9.74. The molecule has 3 rings (SSSR count). The van der Waals surface area contributed by atoms with E-state index < -0.39 is 0 Å². The Hall–Kier alpha value is -3.49. The maximum Gasteiger partial charge on any atom is 0.373 e. The fraction of sp³-hybridized carbons (Fsp3) is 0.583. The van der Waals surface area contributed by atoms with Gasteiger partial charge in [-0.05, 0) is 59.2 Å². The lowest BCUT2D eigenvalue weighted by molar-refractivity contribution is -0.191. The van der Waals surface area contributed by atoms with Gasteiger partial charge in [-0.15, -0.1) is 0 Å². The molecule has 0 spiro atoms. The number of unbranched alkanes of at least 4 members (excludes halogenated alkanes) is 16. The predicted molar refractivity (Wildman–Crippen MR) is 217 cm³/mol. The lowest BCUT2D eigenvalue weighted by Gasteiger charge is -2.29. The molecule has 4 nitrogen and oxygen atoms in total. The summed E-state index contributed by atoms with van der Waals surface area (Å²) in [5.41, 5.74) is 6.39. The molecule has 0 bridgehead atoms. The van der Waals surface area contributed by atoms with Gasteiger partial charge in [0, 0.05) is 17.3 Å². The van der Waals surface area contributed by atoms with Crippen molar-refractivity contribution >= 4 is 12.1 Å². The van der Waals surface area contributed by atoms with Crippen molar-refractivity contribution in [1.29, 1.82) is 0 Å². The Morgan fingerprint density at radius 1 is 0.481 bits per heavy atom. The highest BCUT2D eigenvalue weighted by atomic mass is 16.5. The number of hydrogen-bond donors (Lipinski definition) is 0. The van der Waals surface area contributed by atoms with Crippen LogP contribution in [0.4, 0.5) is 0 Å². The zero-order valence-electron chi connectivity index (χ0n) is 33.7. The van der Waals surface area contributed by atoms with Gasteiger partial charge in [0.15, 0.2) is 0 Å². The van der Waals surface area contributed by atoms with Gasteiger partial charge < -0.3 is 4.74 Å². The Morgan fingerprint density at radius 3 is 1.17 bits per heavy atom. The van der Waals surface area contributed by atoms with E-state index in [0.29, 0.717) is 12.2 Å². The maximum absolute atomic E-state index is 12.4. The van der Waals surface area contributed by atoms with Gasteiger partial charge in [0.05, 0.1) is 0 Å². The van der Waals surface area contributed by atoms with Gasteiger partial charge in [0.1, 0.15) is 5.75 Å². The summed E-state index contributed by atoms with van der Waals surface area (Å²) in [5, 5.41) is 0. The topological polar surface area (TPSA) is 60.4 Å². The summed E-state index contributed by atoms with van der Waals surface area (Å²) in [5.74, 6) is 0.512. The Kier molecular flexibility index (Phi) is 21.9. The zero-order chi connectivity index (χ0) is 38.1. The van der Waals surface area contributed by atoms with E-state index in [1.165, 1.54) is 137 Å². The van der Waals surface area contributed by atoms with Crippen molar-refractivity contribution in [3.8, 4) is 5.75 Å². The number of benzene rings is 3. The summed E-state index contributed by atoms with van der Waals surface area (Å²) >= 11 is 0. The average Bonchev–Trinajstić information content (AvgIpc) is 3.14. The standard InChI is InChI=1S/C47H70O2.CO2/c1-7-9-11-13-15-17-19-21-23-25-39-27-29-40(30-28-39)46(3,4)41-31-33-42(34-32-41)47(5,6)43-35-37-44(38-36-43)49-45(48)26-24-22-20-18-16-14-12-10-8-2;2-1-3/h27-38H,7-26H2,1-6H3;. The molecule has 0 heterocycles. The van der Waals surface area contributed by atoms with Crippen molar-refractivity contribution in [2.45, 2.75) is 181 Å². The van der Waals surface area contributed by atoms with Crippen LogP contribution in [0.15, 0.2) is 72.8 Å². The molecular formula is C48H70O4. The zero-order valence-corrected chi connectivity index (χ0v) is 33.7. The minimum absolute atomic E-state index is 0.0707. The van der Waals surface area contributed by atoms with Gasteiger partial charge in [-0.1, -0.05) is 205 Å². The summed E-state index contributed by atoms with van der Waals surface area (Å²) in [6, 6.07) is 26.6. The molecule has 0 saturated carbocycles. The number of hydrogen-bond acceptors (Lipinski definition) is 4. The van der Waals surface area contributed by atoms with Crippen molar-refractivity contribution < 1.29 is 19.1 Å². The number of carbonyl (C=O) groups excluding carboxylic acids is 3. The smallest absolute Gasteiger partial charge is 0.373 e. The Balaban J connectivity index is 0.00000301. The van der Waals surface area contributed by atoms with Crippen LogP contribution >= 0.6 is 0 Å².